The number of sulfonamides is 1. The summed E-state index contributed by atoms with van der Waals surface area (Å²) in [5.41, 5.74) is 0.925. The van der Waals surface area contributed by atoms with E-state index in [1.807, 2.05) is 14.0 Å². The van der Waals surface area contributed by atoms with Gasteiger partial charge in [-0.05, 0) is 44.6 Å². The lowest BCUT2D eigenvalue weighted by molar-refractivity contribution is 0.290. The maximum Gasteiger partial charge on any atom is 0.243 e. The van der Waals surface area contributed by atoms with Gasteiger partial charge in [-0.2, -0.15) is 4.31 Å². The van der Waals surface area contributed by atoms with E-state index in [2.05, 4.69) is 4.90 Å². The van der Waals surface area contributed by atoms with Gasteiger partial charge in [-0.3, -0.25) is 0 Å². The molecule has 1 heterocycles. The molecule has 1 aromatic rings. The second kappa shape index (κ2) is 6.43. The average Bonchev–Trinajstić information content (AvgIpc) is 2.59. The first-order chi connectivity index (χ1) is 9.45. The molecule has 0 bridgehead atoms. The second-order valence-electron chi connectivity index (χ2n) is 5.36. The van der Waals surface area contributed by atoms with Gasteiger partial charge in [0.15, 0.2) is 0 Å². The molecule has 20 heavy (non-hydrogen) atoms. The maximum absolute atomic E-state index is 12.7. The highest BCUT2D eigenvalue weighted by Crippen LogP contribution is 2.21. The molecule has 0 saturated carbocycles. The lowest BCUT2D eigenvalue weighted by Crippen LogP contribution is -2.41. The van der Waals surface area contributed by atoms with Gasteiger partial charge >= 0.3 is 0 Å². The molecule has 4 nitrogen and oxygen atoms in total. The largest absolute Gasteiger partial charge is 0.305 e. The summed E-state index contributed by atoms with van der Waals surface area (Å²) in [5, 5.41) is 0. The third-order valence-electron chi connectivity index (χ3n) is 3.67. The van der Waals surface area contributed by atoms with Crippen LogP contribution in [0.15, 0.2) is 29.2 Å². The summed E-state index contributed by atoms with van der Waals surface area (Å²) in [6, 6.07) is 6.83. The normalized spacial score (nSPS) is 22.6. The van der Waals surface area contributed by atoms with Crippen molar-refractivity contribution >= 4 is 21.6 Å². The average molecular weight is 317 g/mol. The third kappa shape index (κ3) is 3.34. The van der Waals surface area contributed by atoms with Crippen LogP contribution in [0.1, 0.15) is 18.9 Å². The predicted octanol–water partition coefficient (Wildman–Crippen LogP) is 2.14. The Hall–Kier alpha value is -0.620. The Bertz CT molecular complexity index is 545. The van der Waals surface area contributed by atoms with E-state index in [-0.39, 0.29) is 6.04 Å². The summed E-state index contributed by atoms with van der Waals surface area (Å²) in [4.78, 5) is 2.53. The van der Waals surface area contributed by atoms with Gasteiger partial charge in [0.05, 0.1) is 4.90 Å². The Morgan fingerprint density at radius 2 is 1.90 bits per heavy atom. The minimum Gasteiger partial charge on any atom is -0.305 e. The van der Waals surface area contributed by atoms with Gasteiger partial charge in [0.25, 0.3) is 0 Å². The molecular weight excluding hydrogens is 296 g/mol. The van der Waals surface area contributed by atoms with Crippen molar-refractivity contribution in [2.75, 3.05) is 26.7 Å². The SMILES string of the molecule is CC1CN(C)CCCN1S(=O)(=O)c1ccc(CCl)cc1. The summed E-state index contributed by atoms with van der Waals surface area (Å²) < 4.78 is 27.1. The lowest BCUT2D eigenvalue weighted by atomic mass is 10.2. The molecular formula is C14H21ClN2O2S. The van der Waals surface area contributed by atoms with Crippen LogP contribution in [0.2, 0.25) is 0 Å². The molecule has 1 unspecified atom stereocenters. The van der Waals surface area contributed by atoms with Crippen LogP contribution in [0.3, 0.4) is 0 Å². The minimum absolute atomic E-state index is 0.0137. The number of benzene rings is 1. The highest BCUT2D eigenvalue weighted by Gasteiger charge is 2.31. The first-order valence-electron chi connectivity index (χ1n) is 6.80. The van der Waals surface area contributed by atoms with Crippen molar-refractivity contribution < 1.29 is 8.42 Å². The minimum atomic E-state index is -3.42. The molecule has 0 aromatic heterocycles. The van der Waals surface area contributed by atoms with E-state index < -0.39 is 10.0 Å². The Morgan fingerprint density at radius 1 is 1.25 bits per heavy atom. The Morgan fingerprint density at radius 3 is 2.50 bits per heavy atom. The van der Waals surface area contributed by atoms with Crippen molar-refractivity contribution in [2.24, 2.45) is 0 Å². The molecule has 1 aliphatic heterocycles. The predicted molar refractivity (Wildman–Crippen MR) is 81.5 cm³/mol. The summed E-state index contributed by atoms with van der Waals surface area (Å²) in [6.07, 6.45) is 0.861. The van der Waals surface area contributed by atoms with Crippen molar-refractivity contribution in [2.45, 2.75) is 30.2 Å². The molecule has 0 radical (unpaired) electrons. The fraction of sp³-hybridized carbons (Fsp3) is 0.571. The third-order valence-corrected chi connectivity index (χ3v) is 6.01. The smallest absolute Gasteiger partial charge is 0.243 e. The number of likely N-dealkylation sites (N-methyl/N-ethyl adjacent to an activating group) is 1. The zero-order valence-electron chi connectivity index (χ0n) is 11.9. The molecule has 6 heteroatoms. The van der Waals surface area contributed by atoms with E-state index in [0.29, 0.717) is 17.3 Å². The molecule has 1 aliphatic rings. The quantitative estimate of drug-likeness (QED) is 0.802. The van der Waals surface area contributed by atoms with Crippen molar-refractivity contribution in [1.82, 2.24) is 9.21 Å². The van der Waals surface area contributed by atoms with Gasteiger partial charge in [0, 0.05) is 25.0 Å². The van der Waals surface area contributed by atoms with E-state index >= 15 is 0 Å². The highest BCUT2D eigenvalue weighted by molar-refractivity contribution is 7.89. The van der Waals surface area contributed by atoms with E-state index in [1.54, 1.807) is 28.6 Å². The molecule has 0 N–H and O–H groups in total. The standard InChI is InChI=1S/C14H21ClN2O2S/c1-12-11-16(2)8-3-9-17(12)20(18,19)14-6-4-13(10-15)5-7-14/h4-7,12H,3,8-11H2,1-2H3. The number of nitrogens with zero attached hydrogens (tertiary/aromatic N) is 2. The molecule has 0 amide bonds. The molecule has 1 aromatic carbocycles. The number of hydrogen-bond acceptors (Lipinski definition) is 3. The van der Waals surface area contributed by atoms with Crippen molar-refractivity contribution in [3.05, 3.63) is 29.8 Å². The van der Waals surface area contributed by atoms with Crippen LogP contribution in [-0.4, -0.2) is 50.3 Å². The van der Waals surface area contributed by atoms with E-state index in [4.69, 9.17) is 11.6 Å². The van der Waals surface area contributed by atoms with Crippen LogP contribution >= 0.6 is 11.6 Å². The van der Waals surface area contributed by atoms with Gasteiger partial charge in [-0.1, -0.05) is 12.1 Å². The summed E-state index contributed by atoms with van der Waals surface area (Å²) in [6.45, 7) is 4.23. The first kappa shape index (κ1) is 15.8. The number of alkyl halides is 1. The van der Waals surface area contributed by atoms with E-state index in [1.165, 1.54) is 0 Å². The number of hydrogen-bond donors (Lipinski definition) is 0. The van der Waals surface area contributed by atoms with E-state index in [9.17, 15) is 8.42 Å². The molecule has 1 fully saturated rings. The van der Waals surface area contributed by atoms with E-state index in [0.717, 1.165) is 25.1 Å². The van der Waals surface area contributed by atoms with Gasteiger partial charge in [0.1, 0.15) is 0 Å². The highest BCUT2D eigenvalue weighted by atomic mass is 35.5. The second-order valence-corrected chi connectivity index (χ2v) is 7.52. The maximum atomic E-state index is 12.7. The Labute approximate surface area is 126 Å². The first-order valence-corrected chi connectivity index (χ1v) is 8.78. The van der Waals surface area contributed by atoms with Crippen LogP contribution in [0, 0.1) is 0 Å². The molecule has 112 valence electrons. The summed E-state index contributed by atoms with van der Waals surface area (Å²) in [5.74, 6) is 0.394. The van der Waals surface area contributed by atoms with Crippen LogP contribution in [0.25, 0.3) is 0 Å². The van der Waals surface area contributed by atoms with Gasteiger partial charge in [-0.25, -0.2) is 8.42 Å². The summed E-state index contributed by atoms with van der Waals surface area (Å²) in [7, 11) is -1.39. The fourth-order valence-corrected chi connectivity index (χ4v) is 4.43. The van der Waals surface area contributed by atoms with Gasteiger partial charge in [0.2, 0.25) is 10.0 Å². The van der Waals surface area contributed by atoms with Crippen LogP contribution in [0.5, 0.6) is 0 Å². The number of rotatable bonds is 3. The Kier molecular flexibility index (Phi) is 5.07. The van der Waals surface area contributed by atoms with Gasteiger partial charge < -0.3 is 4.90 Å². The van der Waals surface area contributed by atoms with Crippen molar-refractivity contribution in [3.8, 4) is 0 Å². The zero-order chi connectivity index (χ0) is 14.8. The molecule has 0 spiro atoms. The monoisotopic (exact) mass is 316 g/mol. The number of halogens is 1. The zero-order valence-corrected chi connectivity index (χ0v) is 13.5. The fourth-order valence-electron chi connectivity index (χ4n) is 2.59. The van der Waals surface area contributed by atoms with Gasteiger partial charge in [-0.15, -0.1) is 11.6 Å². The molecule has 1 saturated heterocycles. The molecule has 1 atom stereocenters. The molecule has 0 aliphatic carbocycles. The molecule has 2 rings (SSSR count). The van der Waals surface area contributed by atoms with Crippen LogP contribution < -0.4 is 0 Å². The van der Waals surface area contributed by atoms with Crippen LogP contribution in [0.4, 0.5) is 0 Å². The topological polar surface area (TPSA) is 40.6 Å². The lowest BCUT2D eigenvalue weighted by Gasteiger charge is -2.27. The summed E-state index contributed by atoms with van der Waals surface area (Å²) >= 11 is 5.74. The van der Waals surface area contributed by atoms with Crippen molar-refractivity contribution in [3.63, 3.8) is 0 Å². The Balaban J connectivity index is 2.28. The van der Waals surface area contributed by atoms with Crippen molar-refractivity contribution in [1.29, 1.82) is 0 Å². The van der Waals surface area contributed by atoms with Crippen LogP contribution in [-0.2, 0) is 15.9 Å².